The third kappa shape index (κ3) is 5.10. The van der Waals surface area contributed by atoms with Gasteiger partial charge in [0.05, 0.1) is 5.56 Å². The predicted molar refractivity (Wildman–Crippen MR) is 103 cm³/mol. The topological polar surface area (TPSA) is 84.2 Å². The number of hydrogen-bond acceptors (Lipinski definition) is 4. The van der Waals surface area contributed by atoms with E-state index in [-0.39, 0.29) is 29.4 Å². The molecule has 0 saturated heterocycles. The highest BCUT2D eigenvalue weighted by Gasteiger charge is 2.28. The van der Waals surface area contributed by atoms with Crippen molar-refractivity contribution in [2.24, 2.45) is 5.92 Å². The predicted octanol–water partition coefficient (Wildman–Crippen LogP) is 3.38. The van der Waals surface area contributed by atoms with Crippen molar-refractivity contribution in [3.63, 3.8) is 0 Å². The van der Waals surface area contributed by atoms with E-state index in [0.29, 0.717) is 18.0 Å². The number of rotatable bonds is 7. The van der Waals surface area contributed by atoms with Crippen molar-refractivity contribution in [3.8, 4) is 11.1 Å². The van der Waals surface area contributed by atoms with Gasteiger partial charge in [-0.2, -0.15) is 0 Å². The number of carbonyl (C=O) groups is 2. The Morgan fingerprint density at radius 2 is 1.93 bits per heavy atom. The van der Waals surface area contributed by atoms with E-state index in [4.69, 9.17) is 16.1 Å². The average Bonchev–Trinajstić information content (AvgIpc) is 3.22. The molecule has 1 heterocycles. The number of halogens is 1. The molecule has 1 atom stereocenters. The van der Waals surface area contributed by atoms with E-state index < -0.39 is 0 Å². The van der Waals surface area contributed by atoms with Crippen molar-refractivity contribution in [3.05, 3.63) is 42.3 Å². The van der Waals surface area contributed by atoms with Gasteiger partial charge in [0.2, 0.25) is 5.91 Å². The zero-order chi connectivity index (χ0) is 19.1. The fourth-order valence-electron chi connectivity index (χ4n) is 3.60. The number of alkyl halides is 1. The summed E-state index contributed by atoms with van der Waals surface area (Å²) in [5.41, 5.74) is 1.78. The van der Waals surface area contributed by atoms with Crippen LogP contribution >= 0.6 is 11.6 Å². The summed E-state index contributed by atoms with van der Waals surface area (Å²) in [6, 6.07) is 9.36. The number of nitrogens with zero attached hydrogens (tertiary/aromatic N) is 1. The summed E-state index contributed by atoms with van der Waals surface area (Å²) in [5, 5.41) is 9.76. The maximum atomic E-state index is 12.9. The van der Waals surface area contributed by atoms with Crippen LogP contribution in [0, 0.1) is 5.92 Å². The molecule has 2 N–H and O–H groups in total. The van der Waals surface area contributed by atoms with E-state index in [0.717, 1.165) is 31.2 Å². The first-order valence-corrected chi connectivity index (χ1v) is 9.86. The number of amides is 2. The van der Waals surface area contributed by atoms with Gasteiger partial charge in [0.25, 0.3) is 5.91 Å². The lowest BCUT2D eigenvalue weighted by Gasteiger charge is -2.31. The molecule has 0 aliphatic heterocycles. The summed E-state index contributed by atoms with van der Waals surface area (Å²) in [5.74, 6) is -0.297. The molecular formula is C20H24ClN3O3. The quantitative estimate of drug-likeness (QED) is 0.711. The Labute approximate surface area is 163 Å². The lowest BCUT2D eigenvalue weighted by molar-refractivity contribution is -0.118. The lowest BCUT2D eigenvalue weighted by Crippen LogP contribution is -2.48. The Morgan fingerprint density at radius 3 is 2.63 bits per heavy atom. The van der Waals surface area contributed by atoms with E-state index in [1.165, 1.54) is 12.7 Å². The molecule has 7 heteroatoms. The molecule has 2 aromatic rings. The third-order valence-electron chi connectivity index (χ3n) is 5.05. The highest BCUT2D eigenvalue weighted by atomic mass is 35.5. The molecule has 1 aliphatic rings. The van der Waals surface area contributed by atoms with Crippen LogP contribution in [0.3, 0.4) is 0 Å². The first-order chi connectivity index (χ1) is 13.2. The number of carbonyl (C=O) groups excluding carboxylic acids is 2. The van der Waals surface area contributed by atoms with E-state index in [2.05, 4.69) is 15.8 Å². The van der Waals surface area contributed by atoms with Crippen LogP contribution in [0.4, 0.5) is 0 Å². The minimum absolute atomic E-state index is 0.0905. The van der Waals surface area contributed by atoms with Gasteiger partial charge >= 0.3 is 0 Å². The van der Waals surface area contributed by atoms with Gasteiger partial charge in [-0.15, -0.1) is 11.6 Å². The van der Waals surface area contributed by atoms with Crippen LogP contribution in [-0.4, -0.2) is 35.4 Å². The molecule has 1 aromatic heterocycles. The zero-order valence-corrected chi connectivity index (χ0v) is 15.9. The standard InChI is InChI=1S/C20H24ClN3O3/c21-11-18(25)22-12-17(15-9-5-2-6-10-15)23-20(26)19-16(13-27-24-19)14-7-3-1-4-8-14/h1,3-4,7-8,13,15,17H,2,5-6,9-12H2,(H,22,25)(H,23,26). The Hall–Kier alpha value is -2.34. The molecule has 3 rings (SSSR count). The summed E-state index contributed by atoms with van der Waals surface area (Å²) in [6.07, 6.45) is 7.04. The fraction of sp³-hybridized carbons (Fsp3) is 0.450. The molecule has 1 unspecified atom stereocenters. The van der Waals surface area contributed by atoms with Gasteiger partial charge in [-0.05, 0) is 24.3 Å². The number of benzene rings is 1. The Morgan fingerprint density at radius 1 is 1.19 bits per heavy atom. The van der Waals surface area contributed by atoms with Gasteiger partial charge in [0.15, 0.2) is 5.69 Å². The zero-order valence-electron chi connectivity index (χ0n) is 15.1. The summed E-state index contributed by atoms with van der Waals surface area (Å²) in [7, 11) is 0. The first-order valence-electron chi connectivity index (χ1n) is 9.32. The second-order valence-corrected chi connectivity index (χ2v) is 7.13. The summed E-state index contributed by atoms with van der Waals surface area (Å²) >= 11 is 5.58. The van der Waals surface area contributed by atoms with E-state index in [1.807, 2.05) is 30.3 Å². The molecule has 0 bridgehead atoms. The second kappa shape index (κ2) is 9.55. The van der Waals surface area contributed by atoms with Crippen molar-refractivity contribution in [1.82, 2.24) is 15.8 Å². The molecule has 0 radical (unpaired) electrons. The first kappa shape index (κ1) is 19.4. The van der Waals surface area contributed by atoms with Crippen LogP contribution in [0.25, 0.3) is 11.1 Å². The van der Waals surface area contributed by atoms with Crippen LogP contribution in [0.5, 0.6) is 0 Å². The van der Waals surface area contributed by atoms with Gasteiger partial charge in [0.1, 0.15) is 12.1 Å². The summed E-state index contributed by atoms with van der Waals surface area (Å²) < 4.78 is 5.07. The summed E-state index contributed by atoms with van der Waals surface area (Å²) in [4.78, 5) is 24.5. The van der Waals surface area contributed by atoms with Crippen molar-refractivity contribution in [2.75, 3.05) is 12.4 Å². The fourth-order valence-corrected chi connectivity index (χ4v) is 3.70. The SMILES string of the molecule is O=C(CCl)NCC(NC(=O)c1nocc1-c1ccccc1)C1CCCCC1. The van der Waals surface area contributed by atoms with E-state index in [9.17, 15) is 9.59 Å². The number of hydrogen-bond donors (Lipinski definition) is 2. The van der Waals surface area contributed by atoms with Gasteiger partial charge < -0.3 is 15.2 Å². The van der Waals surface area contributed by atoms with E-state index >= 15 is 0 Å². The molecule has 6 nitrogen and oxygen atoms in total. The molecular weight excluding hydrogens is 366 g/mol. The molecule has 0 spiro atoms. The average molecular weight is 390 g/mol. The molecule has 1 aromatic carbocycles. The largest absolute Gasteiger partial charge is 0.363 e. The maximum absolute atomic E-state index is 12.9. The van der Waals surface area contributed by atoms with Crippen molar-refractivity contribution in [2.45, 2.75) is 38.1 Å². The molecule has 1 saturated carbocycles. The second-order valence-electron chi connectivity index (χ2n) is 6.86. The Bertz CT molecular complexity index is 757. The maximum Gasteiger partial charge on any atom is 0.274 e. The Balaban J connectivity index is 1.74. The summed E-state index contributed by atoms with van der Waals surface area (Å²) in [6.45, 7) is 0.362. The number of nitrogens with one attached hydrogen (secondary N) is 2. The van der Waals surface area contributed by atoms with Crippen molar-refractivity contribution < 1.29 is 14.1 Å². The van der Waals surface area contributed by atoms with Crippen LogP contribution in [0.1, 0.15) is 42.6 Å². The minimum atomic E-state index is -0.293. The molecule has 27 heavy (non-hydrogen) atoms. The van der Waals surface area contributed by atoms with Crippen LogP contribution in [0.15, 0.2) is 41.1 Å². The van der Waals surface area contributed by atoms with Crippen LogP contribution in [0.2, 0.25) is 0 Å². The number of aromatic nitrogens is 1. The minimum Gasteiger partial charge on any atom is -0.363 e. The van der Waals surface area contributed by atoms with Crippen LogP contribution < -0.4 is 10.6 Å². The third-order valence-corrected chi connectivity index (χ3v) is 5.29. The lowest BCUT2D eigenvalue weighted by atomic mass is 9.83. The van der Waals surface area contributed by atoms with Gasteiger partial charge in [0, 0.05) is 12.6 Å². The molecule has 144 valence electrons. The van der Waals surface area contributed by atoms with Crippen molar-refractivity contribution >= 4 is 23.4 Å². The monoisotopic (exact) mass is 389 g/mol. The van der Waals surface area contributed by atoms with Gasteiger partial charge in [-0.3, -0.25) is 9.59 Å². The van der Waals surface area contributed by atoms with Crippen molar-refractivity contribution in [1.29, 1.82) is 0 Å². The Kier molecular flexibility index (Phi) is 6.87. The molecule has 1 aliphatic carbocycles. The molecule has 1 fully saturated rings. The molecule has 2 amide bonds. The normalized spacial score (nSPS) is 15.9. The highest BCUT2D eigenvalue weighted by molar-refractivity contribution is 6.27. The van der Waals surface area contributed by atoms with Crippen LogP contribution in [-0.2, 0) is 4.79 Å². The van der Waals surface area contributed by atoms with Gasteiger partial charge in [-0.1, -0.05) is 54.8 Å². The smallest absolute Gasteiger partial charge is 0.274 e. The highest BCUT2D eigenvalue weighted by Crippen LogP contribution is 2.27. The van der Waals surface area contributed by atoms with E-state index in [1.54, 1.807) is 0 Å². The van der Waals surface area contributed by atoms with Gasteiger partial charge in [-0.25, -0.2) is 0 Å².